The van der Waals surface area contributed by atoms with Gasteiger partial charge in [0.15, 0.2) is 5.78 Å². The molecule has 2 atom stereocenters. The summed E-state index contributed by atoms with van der Waals surface area (Å²) in [6.45, 7) is 9.81. The molecule has 2 aliphatic heterocycles. The van der Waals surface area contributed by atoms with E-state index in [0.717, 1.165) is 29.4 Å². The van der Waals surface area contributed by atoms with Gasteiger partial charge < -0.3 is 14.5 Å². The fourth-order valence-electron chi connectivity index (χ4n) is 3.94. The molecule has 142 valence electrons. The van der Waals surface area contributed by atoms with Gasteiger partial charge in [0.25, 0.3) is 0 Å². The van der Waals surface area contributed by atoms with Gasteiger partial charge in [-0.2, -0.15) is 0 Å². The van der Waals surface area contributed by atoms with Gasteiger partial charge >= 0.3 is 0 Å². The molecule has 27 heavy (non-hydrogen) atoms. The van der Waals surface area contributed by atoms with Gasteiger partial charge in [0.2, 0.25) is 5.56 Å². The maximum atomic E-state index is 13.2. The summed E-state index contributed by atoms with van der Waals surface area (Å²) in [5, 5.41) is 0.821. The van der Waals surface area contributed by atoms with Crippen LogP contribution >= 0.6 is 0 Å². The van der Waals surface area contributed by atoms with Crippen molar-refractivity contribution in [3.05, 3.63) is 39.2 Å². The van der Waals surface area contributed by atoms with Crippen LogP contribution in [0.4, 0.5) is 0 Å². The number of benzene rings is 1. The Morgan fingerprint density at radius 2 is 1.93 bits per heavy atom. The quantitative estimate of drug-likeness (QED) is 0.861. The van der Waals surface area contributed by atoms with E-state index in [2.05, 4.69) is 11.9 Å². The number of carbonyl (C=O) groups excluding carboxylic acids is 1. The van der Waals surface area contributed by atoms with E-state index in [1.807, 2.05) is 39.8 Å². The number of Topliss-reactive ketones (excluding diaryl/α,β-unsaturated/α-hetero) is 1. The molecule has 4 rings (SSSR count). The van der Waals surface area contributed by atoms with Gasteiger partial charge in [0.05, 0.1) is 22.6 Å². The fraction of sp³-hybridized carbons (Fsp3) is 0.455. The molecule has 1 N–H and O–H groups in total. The number of nitrogens with one attached hydrogen (secondary N) is 1. The minimum absolute atomic E-state index is 0.000850. The molecule has 1 aromatic heterocycles. The number of pyridine rings is 1. The largest absolute Gasteiger partial charge is 0.488 e. The van der Waals surface area contributed by atoms with Gasteiger partial charge in [-0.15, -0.1) is 0 Å². The summed E-state index contributed by atoms with van der Waals surface area (Å²) in [7, 11) is 0. The number of aromatic nitrogens is 1. The Morgan fingerprint density at radius 3 is 2.63 bits per heavy atom. The van der Waals surface area contributed by atoms with Crippen LogP contribution in [0.15, 0.2) is 16.9 Å². The van der Waals surface area contributed by atoms with Gasteiger partial charge in [-0.25, -0.2) is 0 Å². The second-order valence-corrected chi connectivity index (χ2v) is 8.12. The average Bonchev–Trinajstić information content (AvgIpc) is 2.58. The number of rotatable bonds is 2. The van der Waals surface area contributed by atoms with Crippen LogP contribution in [-0.4, -0.2) is 22.5 Å². The summed E-state index contributed by atoms with van der Waals surface area (Å²) in [4.78, 5) is 28.4. The van der Waals surface area contributed by atoms with E-state index in [9.17, 15) is 9.59 Å². The molecule has 0 bridgehead atoms. The minimum atomic E-state index is -0.481. The number of aromatic amines is 1. The molecule has 0 fully saturated rings. The van der Waals surface area contributed by atoms with E-state index in [4.69, 9.17) is 9.47 Å². The second-order valence-electron chi connectivity index (χ2n) is 8.12. The van der Waals surface area contributed by atoms with E-state index in [1.165, 1.54) is 0 Å². The van der Waals surface area contributed by atoms with Crippen molar-refractivity contribution in [2.24, 2.45) is 5.92 Å². The minimum Gasteiger partial charge on any atom is -0.488 e. The van der Waals surface area contributed by atoms with Crippen LogP contribution in [0.3, 0.4) is 0 Å². The van der Waals surface area contributed by atoms with Gasteiger partial charge in [0.1, 0.15) is 23.2 Å². The van der Waals surface area contributed by atoms with Gasteiger partial charge in [-0.3, -0.25) is 9.59 Å². The second kappa shape index (κ2) is 5.98. The molecule has 0 amide bonds. The zero-order chi connectivity index (χ0) is 19.5. The number of aryl methyl sites for hydroxylation is 1. The highest BCUT2D eigenvalue weighted by molar-refractivity contribution is 6.14. The Hall–Kier alpha value is -2.56. The molecule has 0 spiro atoms. The van der Waals surface area contributed by atoms with Gasteiger partial charge in [0, 0.05) is 11.5 Å². The Balaban J connectivity index is 2.18. The first-order chi connectivity index (χ1) is 12.7. The number of carbonyl (C=O) groups is 1. The zero-order valence-electron chi connectivity index (χ0n) is 16.4. The Morgan fingerprint density at radius 1 is 1.19 bits per heavy atom. The highest BCUT2D eigenvalue weighted by Crippen LogP contribution is 2.48. The predicted molar refractivity (Wildman–Crippen MR) is 106 cm³/mol. The Labute approximate surface area is 158 Å². The van der Waals surface area contributed by atoms with E-state index in [0.29, 0.717) is 22.6 Å². The molecule has 2 aliphatic rings. The average molecular weight is 367 g/mol. The molecule has 5 nitrogen and oxygen atoms in total. The summed E-state index contributed by atoms with van der Waals surface area (Å²) in [6.07, 6.45) is 5.35. The van der Waals surface area contributed by atoms with Crippen molar-refractivity contribution in [2.45, 2.75) is 59.2 Å². The monoisotopic (exact) mass is 367 g/mol. The highest BCUT2D eigenvalue weighted by atomic mass is 16.5. The fourth-order valence-corrected chi connectivity index (χ4v) is 3.94. The van der Waals surface area contributed by atoms with Gasteiger partial charge in [-0.05, 0) is 44.9 Å². The van der Waals surface area contributed by atoms with E-state index in [1.54, 1.807) is 6.07 Å². The number of ether oxygens (including phenoxy) is 2. The Bertz CT molecular complexity index is 1040. The van der Waals surface area contributed by atoms with Crippen LogP contribution in [0.25, 0.3) is 17.0 Å². The van der Waals surface area contributed by atoms with Crippen LogP contribution in [0, 0.1) is 5.92 Å². The van der Waals surface area contributed by atoms with Crippen molar-refractivity contribution in [1.29, 1.82) is 0 Å². The molecule has 2 aromatic rings. The summed E-state index contributed by atoms with van der Waals surface area (Å²) in [5.41, 5.74) is 2.00. The third-order valence-electron chi connectivity index (χ3n) is 5.52. The summed E-state index contributed by atoms with van der Waals surface area (Å²) < 4.78 is 12.5. The predicted octanol–water partition coefficient (Wildman–Crippen LogP) is 4.26. The van der Waals surface area contributed by atoms with Gasteiger partial charge in [-0.1, -0.05) is 20.3 Å². The lowest BCUT2D eigenvalue weighted by atomic mass is 9.85. The van der Waals surface area contributed by atoms with Crippen molar-refractivity contribution < 1.29 is 14.3 Å². The highest BCUT2D eigenvalue weighted by Gasteiger charge is 2.38. The molecule has 0 saturated carbocycles. The summed E-state index contributed by atoms with van der Waals surface area (Å²) in [5.74, 6) is 0.927. The normalized spacial score (nSPS) is 22.8. The molecule has 5 heteroatoms. The lowest BCUT2D eigenvalue weighted by Gasteiger charge is -2.35. The molecule has 0 saturated heterocycles. The standard InChI is InChI=1S/C22H25NO4/c1-6-7-13-10-15(24)23-18-16(13)21-14(8-9-22(4,5)27-21)20-17(18)19(25)11(2)12(3)26-20/h8-12H,6-7H2,1-5H3,(H,23,24)/t11-,12+/m1/s1. The van der Waals surface area contributed by atoms with Crippen molar-refractivity contribution in [3.8, 4) is 11.5 Å². The molecular weight excluding hydrogens is 342 g/mol. The van der Waals surface area contributed by atoms with Crippen LogP contribution in [0.1, 0.15) is 62.5 Å². The van der Waals surface area contributed by atoms with Crippen LogP contribution in [0.2, 0.25) is 0 Å². The third-order valence-corrected chi connectivity index (χ3v) is 5.52. The molecule has 3 heterocycles. The number of H-pyrrole nitrogens is 1. The number of fused-ring (bicyclic) bond motifs is 6. The number of ketones is 1. The molecule has 1 aromatic carbocycles. The van der Waals surface area contributed by atoms with Crippen LogP contribution in [0.5, 0.6) is 11.5 Å². The van der Waals surface area contributed by atoms with Crippen molar-refractivity contribution in [2.75, 3.05) is 0 Å². The first-order valence-corrected chi connectivity index (χ1v) is 9.58. The van der Waals surface area contributed by atoms with Crippen molar-refractivity contribution >= 4 is 22.8 Å². The van der Waals surface area contributed by atoms with E-state index in [-0.39, 0.29) is 23.4 Å². The van der Waals surface area contributed by atoms with E-state index < -0.39 is 5.60 Å². The van der Waals surface area contributed by atoms with Crippen LogP contribution in [-0.2, 0) is 6.42 Å². The number of hydrogen-bond donors (Lipinski definition) is 1. The molecule has 0 radical (unpaired) electrons. The molecule has 0 unspecified atom stereocenters. The zero-order valence-corrected chi connectivity index (χ0v) is 16.4. The lowest BCUT2D eigenvalue weighted by Crippen LogP contribution is -2.35. The number of hydrogen-bond acceptors (Lipinski definition) is 4. The third kappa shape index (κ3) is 2.68. The lowest BCUT2D eigenvalue weighted by molar-refractivity contribution is 0.0730. The maximum absolute atomic E-state index is 13.2. The summed E-state index contributed by atoms with van der Waals surface area (Å²) >= 11 is 0. The van der Waals surface area contributed by atoms with E-state index >= 15 is 0 Å². The summed E-state index contributed by atoms with van der Waals surface area (Å²) in [6, 6.07) is 1.62. The maximum Gasteiger partial charge on any atom is 0.248 e. The molecule has 0 aliphatic carbocycles. The smallest absolute Gasteiger partial charge is 0.248 e. The molecular formula is C22H25NO4. The first-order valence-electron chi connectivity index (χ1n) is 9.58. The first kappa shape index (κ1) is 17.8. The van der Waals surface area contributed by atoms with Crippen molar-refractivity contribution in [3.63, 3.8) is 0 Å². The topological polar surface area (TPSA) is 68.4 Å². The van der Waals surface area contributed by atoms with Crippen LogP contribution < -0.4 is 15.0 Å². The Kier molecular flexibility index (Phi) is 3.95. The SMILES string of the molecule is CCCc1cc(=O)[nH]c2c3c(c4c(c12)OC(C)(C)C=C4)O[C@@H](C)[C@@H](C)C3=O. The van der Waals surface area contributed by atoms with Crippen molar-refractivity contribution in [1.82, 2.24) is 4.98 Å².